The van der Waals surface area contributed by atoms with Crippen LogP contribution >= 0.6 is 0 Å². The third kappa shape index (κ3) is 3.79. The lowest BCUT2D eigenvalue weighted by Gasteiger charge is -2.28. The Kier molecular flexibility index (Phi) is 5.52. The van der Waals surface area contributed by atoms with Crippen molar-refractivity contribution in [3.05, 3.63) is 59.7 Å². The number of halogens is 3. The van der Waals surface area contributed by atoms with Crippen LogP contribution in [0.1, 0.15) is 41.7 Å². The molecular weight excluding hydrogens is 399 g/mol. The van der Waals surface area contributed by atoms with Gasteiger partial charge in [-0.3, -0.25) is 0 Å². The van der Waals surface area contributed by atoms with Gasteiger partial charge in [-0.05, 0) is 50.1 Å². The molecule has 158 valence electrons. The quantitative estimate of drug-likeness (QED) is 0.547. The van der Waals surface area contributed by atoms with E-state index in [9.17, 15) is 18.0 Å². The number of hydrogen-bond acceptors (Lipinski definition) is 5. The Bertz CT molecular complexity index is 1070. The van der Waals surface area contributed by atoms with Gasteiger partial charge in [0.1, 0.15) is 17.1 Å². The Balaban J connectivity index is 1.69. The zero-order valence-corrected chi connectivity index (χ0v) is 16.2. The number of fused-ring (bicyclic) bond motifs is 1. The van der Waals surface area contributed by atoms with Crippen molar-refractivity contribution in [3.8, 4) is 5.75 Å². The predicted molar refractivity (Wildman–Crippen MR) is 104 cm³/mol. The van der Waals surface area contributed by atoms with Crippen LogP contribution in [0.3, 0.4) is 0 Å². The van der Waals surface area contributed by atoms with E-state index in [2.05, 4.69) is 9.84 Å². The van der Waals surface area contributed by atoms with E-state index in [1.54, 1.807) is 23.7 Å². The highest BCUT2D eigenvalue weighted by Crippen LogP contribution is 2.39. The normalized spacial score (nSPS) is 16.4. The summed E-state index contributed by atoms with van der Waals surface area (Å²) in [5, 5.41) is 4.17. The molecule has 30 heavy (non-hydrogen) atoms. The fourth-order valence-corrected chi connectivity index (χ4v) is 3.87. The van der Waals surface area contributed by atoms with Gasteiger partial charge in [-0.15, -0.1) is 0 Å². The average molecular weight is 419 g/mol. The molecule has 0 aliphatic carbocycles. The molecule has 4 rings (SSSR count). The second-order valence-electron chi connectivity index (χ2n) is 6.91. The molecule has 1 aliphatic rings. The second kappa shape index (κ2) is 8.25. The van der Waals surface area contributed by atoms with Gasteiger partial charge >= 0.3 is 12.6 Å². The highest BCUT2D eigenvalue weighted by atomic mass is 19.3. The summed E-state index contributed by atoms with van der Waals surface area (Å²) in [7, 11) is 0. The van der Waals surface area contributed by atoms with E-state index >= 15 is 0 Å². The Labute approximate surface area is 170 Å². The Morgan fingerprint density at radius 3 is 2.90 bits per heavy atom. The first-order valence-corrected chi connectivity index (χ1v) is 9.63. The molecule has 2 aromatic heterocycles. The number of hydrogen-bond donors (Lipinski definition) is 0. The number of pyridine rings is 1. The van der Waals surface area contributed by atoms with Crippen LogP contribution in [0.2, 0.25) is 0 Å². The zero-order valence-electron chi connectivity index (χ0n) is 16.2. The third-order valence-corrected chi connectivity index (χ3v) is 5.14. The Hall–Kier alpha value is -3.23. The second-order valence-corrected chi connectivity index (χ2v) is 6.91. The maximum atomic E-state index is 14.6. The van der Waals surface area contributed by atoms with Crippen LogP contribution in [0, 0.1) is 5.82 Å². The minimum absolute atomic E-state index is 0.0795. The standard InChI is InChI=1S/C21H20F3N3O3/c1-2-29-20(28)16-12-25-27-9-7-13(10-19(16)27)26-8-3-4-18(26)15-11-14(30-21(23)24)5-6-17(15)22/h5-7,9-12,18,21H,2-4,8H2,1H3. The minimum atomic E-state index is -2.98. The van der Waals surface area contributed by atoms with Crippen molar-refractivity contribution in [2.75, 3.05) is 18.1 Å². The number of aromatic nitrogens is 2. The molecular formula is C21H20F3N3O3. The van der Waals surface area contributed by atoms with Crippen molar-refractivity contribution in [2.45, 2.75) is 32.4 Å². The molecule has 1 saturated heterocycles. The van der Waals surface area contributed by atoms with Gasteiger partial charge in [0.15, 0.2) is 0 Å². The number of alkyl halides is 2. The van der Waals surface area contributed by atoms with Crippen molar-refractivity contribution in [1.82, 2.24) is 9.61 Å². The van der Waals surface area contributed by atoms with Gasteiger partial charge in [-0.2, -0.15) is 13.9 Å². The molecule has 0 bridgehead atoms. The highest BCUT2D eigenvalue weighted by molar-refractivity contribution is 5.97. The largest absolute Gasteiger partial charge is 0.462 e. The molecule has 0 N–H and O–H groups in total. The fourth-order valence-electron chi connectivity index (χ4n) is 3.87. The first-order chi connectivity index (χ1) is 14.5. The topological polar surface area (TPSA) is 56.1 Å². The number of benzene rings is 1. The predicted octanol–water partition coefficient (Wildman–Crippen LogP) is 4.59. The summed E-state index contributed by atoms with van der Waals surface area (Å²) >= 11 is 0. The number of anilines is 1. The fraction of sp³-hybridized carbons (Fsp3) is 0.333. The van der Waals surface area contributed by atoms with Crippen LogP contribution in [0.25, 0.3) is 5.52 Å². The number of esters is 1. The average Bonchev–Trinajstić information content (AvgIpc) is 3.35. The molecule has 1 aromatic carbocycles. The van der Waals surface area contributed by atoms with Gasteiger partial charge in [-0.1, -0.05) is 0 Å². The lowest BCUT2D eigenvalue weighted by atomic mass is 10.0. The summed E-state index contributed by atoms with van der Waals surface area (Å²) in [6.07, 6.45) is 4.63. The van der Waals surface area contributed by atoms with Crippen LogP contribution in [0.4, 0.5) is 18.9 Å². The van der Waals surface area contributed by atoms with E-state index in [-0.39, 0.29) is 18.4 Å². The van der Waals surface area contributed by atoms with Crippen molar-refractivity contribution in [1.29, 1.82) is 0 Å². The van der Waals surface area contributed by atoms with Gasteiger partial charge in [0, 0.05) is 24.0 Å². The Morgan fingerprint density at radius 2 is 2.13 bits per heavy atom. The summed E-state index contributed by atoms with van der Waals surface area (Å²) < 4.78 is 50.8. The van der Waals surface area contributed by atoms with Crippen LogP contribution in [-0.2, 0) is 4.74 Å². The summed E-state index contributed by atoms with van der Waals surface area (Å²) in [5.41, 5.74) is 1.99. The molecule has 1 unspecified atom stereocenters. The van der Waals surface area contributed by atoms with Crippen LogP contribution < -0.4 is 9.64 Å². The lowest BCUT2D eigenvalue weighted by Crippen LogP contribution is -2.23. The molecule has 0 radical (unpaired) electrons. The molecule has 1 atom stereocenters. The summed E-state index contributed by atoms with van der Waals surface area (Å²) in [4.78, 5) is 14.2. The highest BCUT2D eigenvalue weighted by Gasteiger charge is 2.29. The van der Waals surface area contributed by atoms with E-state index in [1.807, 2.05) is 11.0 Å². The molecule has 1 aliphatic heterocycles. The van der Waals surface area contributed by atoms with E-state index < -0.39 is 18.4 Å². The monoisotopic (exact) mass is 419 g/mol. The molecule has 0 saturated carbocycles. The van der Waals surface area contributed by atoms with Crippen molar-refractivity contribution < 1.29 is 27.4 Å². The molecule has 6 nitrogen and oxygen atoms in total. The first kappa shape index (κ1) is 20.1. The van der Waals surface area contributed by atoms with Crippen LogP contribution in [-0.4, -0.2) is 35.3 Å². The molecule has 3 aromatic rings. The minimum Gasteiger partial charge on any atom is -0.462 e. The zero-order chi connectivity index (χ0) is 21.3. The number of nitrogens with zero attached hydrogens (tertiary/aromatic N) is 3. The molecule has 3 heterocycles. The summed E-state index contributed by atoms with van der Waals surface area (Å²) in [5.74, 6) is -1.03. The maximum Gasteiger partial charge on any atom is 0.387 e. The molecule has 0 amide bonds. The van der Waals surface area contributed by atoms with E-state index in [0.29, 0.717) is 29.6 Å². The first-order valence-electron chi connectivity index (χ1n) is 9.63. The van der Waals surface area contributed by atoms with E-state index in [1.165, 1.54) is 18.3 Å². The number of carbonyl (C=O) groups is 1. The maximum absolute atomic E-state index is 14.6. The SMILES string of the molecule is CCOC(=O)c1cnn2ccc(N3CCCC3c3cc(OC(F)F)ccc3F)cc12. The van der Waals surface area contributed by atoms with Gasteiger partial charge in [0.2, 0.25) is 0 Å². The van der Waals surface area contributed by atoms with Gasteiger partial charge in [0.05, 0.1) is 24.4 Å². The van der Waals surface area contributed by atoms with Crippen molar-refractivity contribution in [3.63, 3.8) is 0 Å². The lowest BCUT2D eigenvalue weighted by molar-refractivity contribution is -0.0499. The van der Waals surface area contributed by atoms with E-state index in [0.717, 1.165) is 18.2 Å². The number of ether oxygens (including phenoxy) is 2. The van der Waals surface area contributed by atoms with Crippen molar-refractivity contribution in [2.24, 2.45) is 0 Å². The van der Waals surface area contributed by atoms with Gasteiger partial charge in [-0.25, -0.2) is 13.7 Å². The van der Waals surface area contributed by atoms with Crippen molar-refractivity contribution >= 4 is 17.2 Å². The molecule has 0 spiro atoms. The van der Waals surface area contributed by atoms with Gasteiger partial charge in [0.25, 0.3) is 0 Å². The number of carbonyl (C=O) groups excluding carboxylic acids is 1. The third-order valence-electron chi connectivity index (χ3n) is 5.14. The van der Waals surface area contributed by atoms with Gasteiger partial charge < -0.3 is 14.4 Å². The van der Waals surface area contributed by atoms with Crippen LogP contribution in [0.5, 0.6) is 5.75 Å². The summed E-state index contributed by atoms with van der Waals surface area (Å²) in [6.45, 7) is -0.346. The smallest absolute Gasteiger partial charge is 0.387 e. The summed E-state index contributed by atoms with van der Waals surface area (Å²) in [6, 6.07) is 6.94. The molecule has 1 fully saturated rings. The van der Waals surface area contributed by atoms with Crippen LogP contribution in [0.15, 0.2) is 42.7 Å². The number of rotatable bonds is 6. The Morgan fingerprint density at radius 1 is 1.30 bits per heavy atom. The van der Waals surface area contributed by atoms with E-state index in [4.69, 9.17) is 4.74 Å². The molecule has 9 heteroatoms.